The van der Waals surface area contributed by atoms with Gasteiger partial charge in [0.15, 0.2) is 11.5 Å². The zero-order valence-electron chi connectivity index (χ0n) is 13.1. The SMILES string of the molecule is CCOc1cccc(CCN)c1OCCOCCCOC. The Morgan fingerprint density at radius 2 is 1.90 bits per heavy atom. The first-order chi connectivity index (χ1) is 10.3. The van der Waals surface area contributed by atoms with Crippen LogP contribution in [0.2, 0.25) is 0 Å². The molecule has 0 unspecified atom stereocenters. The first kappa shape index (κ1) is 17.8. The molecule has 1 rings (SSSR count). The minimum atomic E-state index is 0.495. The molecule has 0 atom stereocenters. The largest absolute Gasteiger partial charge is 0.490 e. The molecule has 2 N–H and O–H groups in total. The molecule has 0 bridgehead atoms. The number of ether oxygens (including phenoxy) is 4. The summed E-state index contributed by atoms with van der Waals surface area (Å²) in [7, 11) is 1.69. The smallest absolute Gasteiger partial charge is 0.164 e. The average Bonchev–Trinajstić information content (AvgIpc) is 2.49. The number of methoxy groups -OCH3 is 1. The fourth-order valence-corrected chi connectivity index (χ4v) is 1.96. The van der Waals surface area contributed by atoms with Crippen molar-refractivity contribution in [2.75, 3.05) is 46.7 Å². The van der Waals surface area contributed by atoms with Crippen LogP contribution in [0.4, 0.5) is 0 Å². The summed E-state index contributed by atoms with van der Waals surface area (Å²) in [6.07, 6.45) is 1.66. The normalized spacial score (nSPS) is 10.6. The molecule has 0 aliphatic heterocycles. The third-order valence-electron chi connectivity index (χ3n) is 2.89. The van der Waals surface area contributed by atoms with Gasteiger partial charge in [0, 0.05) is 20.3 Å². The van der Waals surface area contributed by atoms with E-state index in [2.05, 4.69) is 0 Å². The van der Waals surface area contributed by atoms with Gasteiger partial charge in [0.05, 0.1) is 13.2 Å². The van der Waals surface area contributed by atoms with Gasteiger partial charge in [-0.2, -0.15) is 0 Å². The number of hydrogen-bond donors (Lipinski definition) is 1. The highest BCUT2D eigenvalue weighted by molar-refractivity contribution is 5.46. The number of nitrogens with two attached hydrogens (primary N) is 1. The van der Waals surface area contributed by atoms with Crippen LogP contribution < -0.4 is 15.2 Å². The molecule has 0 amide bonds. The summed E-state index contributed by atoms with van der Waals surface area (Å²) < 4.78 is 21.9. The van der Waals surface area contributed by atoms with E-state index >= 15 is 0 Å². The summed E-state index contributed by atoms with van der Waals surface area (Å²) in [4.78, 5) is 0. The Morgan fingerprint density at radius 3 is 2.62 bits per heavy atom. The van der Waals surface area contributed by atoms with E-state index in [-0.39, 0.29) is 0 Å². The third kappa shape index (κ3) is 6.80. The Kier molecular flexibility index (Phi) is 9.61. The Hall–Kier alpha value is -1.30. The molecule has 1 aromatic carbocycles. The number of hydrogen-bond acceptors (Lipinski definition) is 5. The van der Waals surface area contributed by atoms with Crippen LogP contribution in [-0.2, 0) is 15.9 Å². The standard InChI is InChI=1S/C16H27NO4/c1-3-20-15-7-4-6-14(8-9-17)16(15)21-13-12-19-11-5-10-18-2/h4,6-7H,3,5,8-13,17H2,1-2H3. The maximum atomic E-state index is 5.84. The molecule has 0 aliphatic rings. The highest BCUT2D eigenvalue weighted by atomic mass is 16.5. The van der Waals surface area contributed by atoms with Crippen molar-refractivity contribution in [2.45, 2.75) is 19.8 Å². The first-order valence-corrected chi connectivity index (χ1v) is 7.47. The van der Waals surface area contributed by atoms with Crippen molar-refractivity contribution in [3.63, 3.8) is 0 Å². The summed E-state index contributed by atoms with van der Waals surface area (Å²) in [6.45, 7) is 5.59. The zero-order chi connectivity index (χ0) is 15.3. The Morgan fingerprint density at radius 1 is 1.05 bits per heavy atom. The van der Waals surface area contributed by atoms with Crippen LogP contribution in [0.15, 0.2) is 18.2 Å². The second-order valence-corrected chi connectivity index (χ2v) is 4.52. The number of para-hydroxylation sites is 1. The van der Waals surface area contributed by atoms with Crippen LogP contribution in [0.3, 0.4) is 0 Å². The quantitative estimate of drug-likeness (QED) is 0.598. The second kappa shape index (κ2) is 11.4. The van der Waals surface area contributed by atoms with Gasteiger partial charge in [0.2, 0.25) is 0 Å². The Labute approximate surface area is 127 Å². The number of rotatable bonds is 12. The van der Waals surface area contributed by atoms with Gasteiger partial charge in [-0.3, -0.25) is 0 Å². The van der Waals surface area contributed by atoms with E-state index in [4.69, 9.17) is 24.7 Å². The van der Waals surface area contributed by atoms with Crippen LogP contribution in [0.5, 0.6) is 11.5 Å². The molecule has 0 heterocycles. The van der Waals surface area contributed by atoms with Gasteiger partial charge in [-0.1, -0.05) is 12.1 Å². The van der Waals surface area contributed by atoms with Crippen molar-refractivity contribution >= 4 is 0 Å². The molecule has 0 saturated heterocycles. The van der Waals surface area contributed by atoms with Crippen molar-refractivity contribution in [3.8, 4) is 11.5 Å². The van der Waals surface area contributed by atoms with Crippen molar-refractivity contribution in [3.05, 3.63) is 23.8 Å². The summed E-state index contributed by atoms with van der Waals surface area (Å²) in [5.41, 5.74) is 6.72. The van der Waals surface area contributed by atoms with Gasteiger partial charge in [-0.15, -0.1) is 0 Å². The lowest BCUT2D eigenvalue weighted by molar-refractivity contribution is 0.0795. The molecule has 120 valence electrons. The molecule has 0 aromatic heterocycles. The molecular weight excluding hydrogens is 270 g/mol. The minimum Gasteiger partial charge on any atom is -0.490 e. The van der Waals surface area contributed by atoms with Crippen LogP contribution in [0.1, 0.15) is 18.9 Å². The molecule has 5 nitrogen and oxygen atoms in total. The van der Waals surface area contributed by atoms with E-state index in [1.165, 1.54) is 0 Å². The van der Waals surface area contributed by atoms with E-state index in [0.29, 0.717) is 39.6 Å². The topological polar surface area (TPSA) is 62.9 Å². The predicted molar refractivity (Wildman–Crippen MR) is 83.2 cm³/mol. The molecule has 0 saturated carbocycles. The van der Waals surface area contributed by atoms with Gasteiger partial charge in [-0.25, -0.2) is 0 Å². The molecular formula is C16H27NO4. The Bertz CT molecular complexity index is 360. The lowest BCUT2D eigenvalue weighted by atomic mass is 10.1. The lowest BCUT2D eigenvalue weighted by Crippen LogP contribution is -2.12. The zero-order valence-corrected chi connectivity index (χ0v) is 13.1. The molecule has 21 heavy (non-hydrogen) atoms. The highest BCUT2D eigenvalue weighted by Crippen LogP contribution is 2.31. The summed E-state index contributed by atoms with van der Waals surface area (Å²) in [6, 6.07) is 5.90. The maximum absolute atomic E-state index is 5.84. The third-order valence-corrected chi connectivity index (χ3v) is 2.89. The lowest BCUT2D eigenvalue weighted by Gasteiger charge is -2.15. The van der Waals surface area contributed by atoms with E-state index < -0.39 is 0 Å². The fraction of sp³-hybridized carbons (Fsp3) is 0.625. The van der Waals surface area contributed by atoms with Gasteiger partial charge >= 0.3 is 0 Å². The van der Waals surface area contributed by atoms with Gasteiger partial charge in [0.1, 0.15) is 6.61 Å². The van der Waals surface area contributed by atoms with E-state index in [1.807, 2.05) is 25.1 Å². The summed E-state index contributed by atoms with van der Waals surface area (Å²) in [5, 5.41) is 0. The van der Waals surface area contributed by atoms with Crippen LogP contribution >= 0.6 is 0 Å². The molecule has 0 radical (unpaired) electrons. The fourth-order valence-electron chi connectivity index (χ4n) is 1.96. The molecule has 0 aliphatic carbocycles. The summed E-state index contributed by atoms with van der Waals surface area (Å²) in [5.74, 6) is 1.55. The molecule has 0 spiro atoms. The molecule has 1 aromatic rings. The van der Waals surface area contributed by atoms with Crippen molar-refractivity contribution in [2.24, 2.45) is 5.73 Å². The van der Waals surface area contributed by atoms with Crippen molar-refractivity contribution < 1.29 is 18.9 Å². The van der Waals surface area contributed by atoms with Gasteiger partial charge < -0.3 is 24.7 Å². The van der Waals surface area contributed by atoms with E-state index in [9.17, 15) is 0 Å². The monoisotopic (exact) mass is 297 g/mol. The van der Waals surface area contributed by atoms with Crippen molar-refractivity contribution in [1.29, 1.82) is 0 Å². The molecule has 5 heteroatoms. The minimum absolute atomic E-state index is 0.495. The predicted octanol–water partition coefficient (Wildman–Crippen LogP) is 2.02. The molecule has 0 fully saturated rings. The number of benzene rings is 1. The highest BCUT2D eigenvalue weighted by Gasteiger charge is 2.10. The van der Waals surface area contributed by atoms with Crippen LogP contribution in [0.25, 0.3) is 0 Å². The Balaban J connectivity index is 2.47. The van der Waals surface area contributed by atoms with E-state index in [0.717, 1.165) is 29.9 Å². The average molecular weight is 297 g/mol. The summed E-state index contributed by atoms with van der Waals surface area (Å²) >= 11 is 0. The maximum Gasteiger partial charge on any atom is 0.164 e. The first-order valence-electron chi connectivity index (χ1n) is 7.47. The van der Waals surface area contributed by atoms with Crippen LogP contribution in [0, 0.1) is 0 Å². The second-order valence-electron chi connectivity index (χ2n) is 4.52. The van der Waals surface area contributed by atoms with Crippen LogP contribution in [-0.4, -0.2) is 46.7 Å². The van der Waals surface area contributed by atoms with E-state index in [1.54, 1.807) is 7.11 Å². The van der Waals surface area contributed by atoms with Crippen molar-refractivity contribution in [1.82, 2.24) is 0 Å². The van der Waals surface area contributed by atoms with Gasteiger partial charge in [-0.05, 0) is 37.9 Å². The van der Waals surface area contributed by atoms with Gasteiger partial charge in [0.25, 0.3) is 0 Å².